The summed E-state index contributed by atoms with van der Waals surface area (Å²) < 4.78 is 0. The first-order valence-corrected chi connectivity index (χ1v) is 7.39. The minimum Gasteiger partial charge on any atom is -0.397 e. The van der Waals surface area contributed by atoms with E-state index in [0.29, 0.717) is 17.3 Å². The maximum absolute atomic E-state index is 8.92. The van der Waals surface area contributed by atoms with Crippen molar-refractivity contribution in [2.45, 2.75) is 39.7 Å². The van der Waals surface area contributed by atoms with Crippen molar-refractivity contribution in [2.75, 3.05) is 30.7 Å². The van der Waals surface area contributed by atoms with Gasteiger partial charge in [-0.15, -0.1) is 0 Å². The van der Waals surface area contributed by atoms with E-state index in [1.54, 1.807) is 12.1 Å². The second-order valence-corrected chi connectivity index (χ2v) is 5.13. The van der Waals surface area contributed by atoms with Crippen molar-refractivity contribution in [3.63, 3.8) is 0 Å². The average molecular weight is 274 g/mol. The molecule has 0 aliphatic heterocycles. The van der Waals surface area contributed by atoms with E-state index in [2.05, 4.69) is 37.1 Å². The van der Waals surface area contributed by atoms with Gasteiger partial charge in [-0.25, -0.2) is 0 Å². The van der Waals surface area contributed by atoms with Gasteiger partial charge in [0.1, 0.15) is 0 Å². The largest absolute Gasteiger partial charge is 0.397 e. The third-order valence-electron chi connectivity index (χ3n) is 3.59. The summed E-state index contributed by atoms with van der Waals surface area (Å²) in [5.41, 5.74) is 8.12. The van der Waals surface area contributed by atoms with Crippen LogP contribution in [0.4, 0.5) is 11.4 Å². The molecule has 0 saturated heterocycles. The quantitative estimate of drug-likeness (QED) is 0.715. The molecule has 1 unspecified atom stereocenters. The summed E-state index contributed by atoms with van der Waals surface area (Å²) in [6, 6.07) is 7.83. The molecule has 1 rings (SSSR count). The monoisotopic (exact) mass is 274 g/mol. The fourth-order valence-electron chi connectivity index (χ4n) is 2.25. The van der Waals surface area contributed by atoms with Gasteiger partial charge in [0.2, 0.25) is 0 Å². The number of anilines is 2. The Hall–Kier alpha value is -1.73. The minimum absolute atomic E-state index is 0.349. The second-order valence-electron chi connectivity index (χ2n) is 5.13. The van der Waals surface area contributed by atoms with Crippen LogP contribution in [-0.4, -0.2) is 30.6 Å². The van der Waals surface area contributed by atoms with Crippen LogP contribution in [0.2, 0.25) is 0 Å². The van der Waals surface area contributed by atoms with Gasteiger partial charge in [-0.2, -0.15) is 5.26 Å². The van der Waals surface area contributed by atoms with Crippen LogP contribution in [0.3, 0.4) is 0 Å². The molecule has 0 radical (unpaired) electrons. The Labute approximate surface area is 122 Å². The van der Waals surface area contributed by atoms with E-state index in [1.165, 1.54) is 0 Å². The molecule has 0 heterocycles. The number of nitriles is 1. The minimum atomic E-state index is 0.349. The van der Waals surface area contributed by atoms with Gasteiger partial charge in [0, 0.05) is 6.04 Å². The fraction of sp³-hybridized carbons (Fsp3) is 0.562. The highest BCUT2D eigenvalue weighted by Crippen LogP contribution is 2.21. The van der Waals surface area contributed by atoms with Crippen molar-refractivity contribution in [3.8, 4) is 6.07 Å². The number of nitrogen functional groups attached to an aromatic ring is 1. The number of hydrogen-bond acceptors (Lipinski definition) is 4. The molecule has 4 heteroatoms. The number of nitrogens with zero attached hydrogens (tertiary/aromatic N) is 2. The third kappa shape index (κ3) is 5.10. The predicted molar refractivity (Wildman–Crippen MR) is 85.7 cm³/mol. The first-order valence-electron chi connectivity index (χ1n) is 7.39. The van der Waals surface area contributed by atoms with Gasteiger partial charge < -0.3 is 16.0 Å². The first kappa shape index (κ1) is 16.3. The van der Waals surface area contributed by atoms with Crippen molar-refractivity contribution in [1.82, 2.24) is 4.90 Å². The lowest BCUT2D eigenvalue weighted by atomic mass is 10.1. The molecule has 0 spiro atoms. The standard InChI is InChI=1S/C16H26N4/c1-4-20(5-2)10-6-7-13(3)19-16-11-14(12-17)8-9-15(16)18/h8-9,11,13,19H,4-7,10,18H2,1-3H3. The van der Waals surface area contributed by atoms with Gasteiger partial charge >= 0.3 is 0 Å². The summed E-state index contributed by atoms with van der Waals surface area (Å²) in [5.74, 6) is 0. The van der Waals surface area contributed by atoms with Gasteiger partial charge in [-0.05, 0) is 57.6 Å². The molecular formula is C16H26N4. The summed E-state index contributed by atoms with van der Waals surface area (Å²) in [5, 5.41) is 12.3. The lowest BCUT2D eigenvalue weighted by Gasteiger charge is -2.20. The van der Waals surface area contributed by atoms with Crippen LogP contribution < -0.4 is 11.1 Å². The van der Waals surface area contributed by atoms with Gasteiger partial charge in [-0.1, -0.05) is 13.8 Å². The van der Waals surface area contributed by atoms with Crippen molar-refractivity contribution >= 4 is 11.4 Å². The summed E-state index contributed by atoms with van der Waals surface area (Å²) in [6.07, 6.45) is 2.25. The number of benzene rings is 1. The lowest BCUT2D eigenvalue weighted by molar-refractivity contribution is 0.295. The van der Waals surface area contributed by atoms with E-state index >= 15 is 0 Å². The Kier molecular flexibility index (Phi) is 6.89. The number of hydrogen-bond donors (Lipinski definition) is 2. The highest BCUT2D eigenvalue weighted by atomic mass is 15.1. The molecule has 0 bridgehead atoms. The topological polar surface area (TPSA) is 65.1 Å². The molecule has 20 heavy (non-hydrogen) atoms. The van der Waals surface area contributed by atoms with Crippen molar-refractivity contribution < 1.29 is 0 Å². The zero-order chi connectivity index (χ0) is 15.0. The predicted octanol–water partition coefficient (Wildman–Crippen LogP) is 3.06. The van der Waals surface area contributed by atoms with Gasteiger partial charge in [0.05, 0.1) is 23.0 Å². The van der Waals surface area contributed by atoms with Gasteiger partial charge in [0.15, 0.2) is 0 Å². The molecule has 1 aromatic carbocycles. The summed E-state index contributed by atoms with van der Waals surface area (Å²) in [6.45, 7) is 9.89. The normalized spacial score (nSPS) is 12.2. The molecule has 110 valence electrons. The molecule has 0 aliphatic rings. The molecular weight excluding hydrogens is 248 g/mol. The Balaban J connectivity index is 2.46. The molecule has 0 amide bonds. The van der Waals surface area contributed by atoms with Crippen LogP contribution in [0.5, 0.6) is 0 Å². The average Bonchev–Trinajstić information content (AvgIpc) is 2.46. The molecule has 0 saturated carbocycles. The summed E-state index contributed by atoms with van der Waals surface area (Å²) >= 11 is 0. The van der Waals surface area contributed by atoms with E-state index in [4.69, 9.17) is 11.0 Å². The number of nitrogens with one attached hydrogen (secondary N) is 1. The summed E-state index contributed by atoms with van der Waals surface area (Å²) in [7, 11) is 0. The van der Waals surface area contributed by atoms with E-state index in [-0.39, 0.29) is 0 Å². The van der Waals surface area contributed by atoms with Crippen LogP contribution in [-0.2, 0) is 0 Å². The zero-order valence-corrected chi connectivity index (χ0v) is 12.8. The van der Waals surface area contributed by atoms with Crippen LogP contribution >= 0.6 is 0 Å². The third-order valence-corrected chi connectivity index (χ3v) is 3.59. The van der Waals surface area contributed by atoms with Crippen LogP contribution in [0.25, 0.3) is 0 Å². The Morgan fingerprint density at radius 3 is 2.65 bits per heavy atom. The molecule has 0 aromatic heterocycles. The molecule has 1 atom stereocenters. The number of nitrogens with two attached hydrogens (primary N) is 1. The fourth-order valence-corrected chi connectivity index (χ4v) is 2.25. The maximum Gasteiger partial charge on any atom is 0.0992 e. The smallest absolute Gasteiger partial charge is 0.0992 e. The molecule has 0 aliphatic carbocycles. The highest BCUT2D eigenvalue weighted by molar-refractivity contribution is 5.68. The molecule has 3 N–H and O–H groups in total. The van der Waals surface area contributed by atoms with Crippen LogP contribution in [0, 0.1) is 11.3 Å². The van der Waals surface area contributed by atoms with Crippen molar-refractivity contribution in [1.29, 1.82) is 5.26 Å². The van der Waals surface area contributed by atoms with E-state index in [9.17, 15) is 0 Å². The highest BCUT2D eigenvalue weighted by Gasteiger charge is 2.07. The number of rotatable bonds is 8. The van der Waals surface area contributed by atoms with Crippen LogP contribution in [0.15, 0.2) is 18.2 Å². The Morgan fingerprint density at radius 2 is 2.05 bits per heavy atom. The zero-order valence-electron chi connectivity index (χ0n) is 12.8. The van der Waals surface area contributed by atoms with E-state index in [0.717, 1.165) is 38.2 Å². The van der Waals surface area contributed by atoms with Crippen molar-refractivity contribution in [2.24, 2.45) is 0 Å². The SMILES string of the molecule is CCN(CC)CCCC(C)Nc1cc(C#N)ccc1N. The Morgan fingerprint density at radius 1 is 1.35 bits per heavy atom. The van der Waals surface area contributed by atoms with Gasteiger partial charge in [-0.3, -0.25) is 0 Å². The van der Waals surface area contributed by atoms with E-state index < -0.39 is 0 Å². The molecule has 4 nitrogen and oxygen atoms in total. The Bertz CT molecular complexity index is 446. The second kappa shape index (κ2) is 8.44. The maximum atomic E-state index is 8.92. The molecule has 1 aromatic rings. The van der Waals surface area contributed by atoms with Crippen molar-refractivity contribution in [3.05, 3.63) is 23.8 Å². The summed E-state index contributed by atoms with van der Waals surface area (Å²) in [4.78, 5) is 2.43. The van der Waals surface area contributed by atoms with Crippen LogP contribution in [0.1, 0.15) is 39.2 Å². The first-order chi connectivity index (χ1) is 9.60. The van der Waals surface area contributed by atoms with Gasteiger partial charge in [0.25, 0.3) is 0 Å². The lowest BCUT2D eigenvalue weighted by Crippen LogP contribution is -2.25. The van der Waals surface area contributed by atoms with E-state index in [1.807, 2.05) is 6.07 Å². The molecule has 0 fully saturated rings.